The molecule has 0 unspecified atom stereocenters. The molecule has 1 aliphatic rings. The topological polar surface area (TPSA) is 87.5 Å². The number of nitrogens with two attached hydrogens (primary N) is 1. The number of hydrogen-bond donors (Lipinski definition) is 3. The largest absolute Gasteiger partial charge is 0.335 e. The number of imide groups is 1. The van der Waals surface area contributed by atoms with Gasteiger partial charge in [0.2, 0.25) is 5.91 Å². The summed E-state index contributed by atoms with van der Waals surface area (Å²) in [6.07, 6.45) is 2.85. The number of amides is 3. The Morgan fingerprint density at radius 1 is 1.17 bits per heavy atom. The van der Waals surface area contributed by atoms with Crippen molar-refractivity contribution in [3.63, 3.8) is 0 Å². The van der Waals surface area contributed by atoms with Gasteiger partial charge in [0, 0.05) is 25.7 Å². The maximum atomic E-state index is 11.9. The number of urea groups is 1. The third-order valence-corrected chi connectivity index (χ3v) is 3.54. The highest BCUT2D eigenvalue weighted by Crippen LogP contribution is 2.18. The third kappa shape index (κ3) is 7.97. The summed E-state index contributed by atoms with van der Waals surface area (Å²) in [6, 6.07) is 9.93. The van der Waals surface area contributed by atoms with Gasteiger partial charge in [0.25, 0.3) is 0 Å². The molecule has 0 spiro atoms. The molecule has 2 rings (SSSR count). The van der Waals surface area contributed by atoms with Crippen molar-refractivity contribution in [3.8, 4) is 0 Å². The lowest BCUT2D eigenvalue weighted by Gasteiger charge is -2.20. The van der Waals surface area contributed by atoms with E-state index < -0.39 is 6.03 Å². The van der Waals surface area contributed by atoms with Crippen LogP contribution in [0.5, 0.6) is 0 Å². The molecule has 0 bridgehead atoms. The van der Waals surface area contributed by atoms with E-state index in [0.29, 0.717) is 13.1 Å². The molecule has 3 amide bonds. The Balaban J connectivity index is 0.00000264. The molecule has 1 aromatic carbocycles. The normalized spacial score (nSPS) is 13.3. The Morgan fingerprint density at radius 3 is 2.48 bits per heavy atom. The fraction of sp³-hybridized carbons (Fsp3) is 0.500. The van der Waals surface area contributed by atoms with Gasteiger partial charge in [-0.3, -0.25) is 15.0 Å². The predicted octanol–water partition coefficient (Wildman–Crippen LogP) is 0.900. The summed E-state index contributed by atoms with van der Waals surface area (Å²) in [5.41, 5.74) is 6.82. The van der Waals surface area contributed by atoms with Crippen LogP contribution in [-0.2, 0) is 11.2 Å². The second kappa shape index (κ2) is 10.2. The summed E-state index contributed by atoms with van der Waals surface area (Å²) in [5.74, 6) is -0.292. The number of halogens is 1. The first-order valence-corrected chi connectivity index (χ1v) is 7.74. The number of rotatable bonds is 8. The van der Waals surface area contributed by atoms with Crippen LogP contribution in [0.25, 0.3) is 0 Å². The van der Waals surface area contributed by atoms with Gasteiger partial charge in [-0.15, -0.1) is 12.4 Å². The second-order valence-corrected chi connectivity index (χ2v) is 5.60. The van der Waals surface area contributed by atoms with Gasteiger partial charge in [0.15, 0.2) is 0 Å². The summed E-state index contributed by atoms with van der Waals surface area (Å²) >= 11 is 0. The summed E-state index contributed by atoms with van der Waals surface area (Å²) in [6.45, 7) is 2.03. The molecule has 6 nitrogen and oxygen atoms in total. The molecule has 0 atom stereocenters. The molecular formula is C16H25ClN4O2. The predicted molar refractivity (Wildman–Crippen MR) is 92.6 cm³/mol. The average molecular weight is 341 g/mol. The van der Waals surface area contributed by atoms with Crippen LogP contribution in [-0.4, -0.2) is 49.1 Å². The maximum absolute atomic E-state index is 11.9. The fourth-order valence-corrected chi connectivity index (χ4v) is 2.20. The van der Waals surface area contributed by atoms with Gasteiger partial charge in [0.05, 0.1) is 6.54 Å². The van der Waals surface area contributed by atoms with Crippen molar-refractivity contribution in [1.82, 2.24) is 15.5 Å². The molecule has 128 valence electrons. The molecule has 4 N–H and O–H groups in total. The number of hydrogen-bond acceptors (Lipinski definition) is 4. The zero-order valence-electron chi connectivity index (χ0n) is 13.2. The molecule has 0 heterocycles. The highest BCUT2D eigenvalue weighted by molar-refractivity contribution is 5.95. The molecule has 0 saturated heterocycles. The van der Waals surface area contributed by atoms with E-state index in [0.717, 1.165) is 25.8 Å². The molecule has 1 saturated carbocycles. The summed E-state index contributed by atoms with van der Waals surface area (Å²) < 4.78 is 0. The molecule has 7 heteroatoms. The van der Waals surface area contributed by atoms with Crippen molar-refractivity contribution in [2.75, 3.05) is 26.2 Å². The van der Waals surface area contributed by atoms with Gasteiger partial charge in [-0.2, -0.15) is 0 Å². The van der Waals surface area contributed by atoms with E-state index in [2.05, 4.69) is 22.8 Å². The van der Waals surface area contributed by atoms with Gasteiger partial charge >= 0.3 is 6.03 Å². The van der Waals surface area contributed by atoms with E-state index in [1.165, 1.54) is 5.56 Å². The first-order valence-electron chi connectivity index (χ1n) is 7.74. The van der Waals surface area contributed by atoms with E-state index >= 15 is 0 Å². The minimum atomic E-state index is -0.400. The number of benzene rings is 1. The maximum Gasteiger partial charge on any atom is 0.321 e. The highest BCUT2D eigenvalue weighted by Gasteiger charge is 2.24. The van der Waals surface area contributed by atoms with Crippen LogP contribution in [0.4, 0.5) is 4.79 Å². The lowest BCUT2D eigenvalue weighted by atomic mass is 10.1. The monoisotopic (exact) mass is 340 g/mol. The van der Waals surface area contributed by atoms with E-state index in [9.17, 15) is 9.59 Å². The van der Waals surface area contributed by atoms with E-state index in [1.807, 2.05) is 23.1 Å². The van der Waals surface area contributed by atoms with Gasteiger partial charge in [0.1, 0.15) is 0 Å². The van der Waals surface area contributed by atoms with Crippen LogP contribution < -0.4 is 16.4 Å². The van der Waals surface area contributed by atoms with Gasteiger partial charge < -0.3 is 11.1 Å². The molecule has 1 aliphatic carbocycles. The minimum absolute atomic E-state index is 0. The van der Waals surface area contributed by atoms with E-state index in [4.69, 9.17) is 5.73 Å². The molecule has 0 aliphatic heterocycles. The first kappa shape index (κ1) is 19.4. The van der Waals surface area contributed by atoms with Crippen LogP contribution in [0, 0.1) is 0 Å². The van der Waals surface area contributed by atoms with Crippen LogP contribution in [0.15, 0.2) is 30.3 Å². The number of carbonyl (C=O) groups excluding carboxylic acids is 2. The summed E-state index contributed by atoms with van der Waals surface area (Å²) in [4.78, 5) is 25.4. The Kier molecular flexibility index (Phi) is 8.61. The Labute approximate surface area is 143 Å². The van der Waals surface area contributed by atoms with Crippen LogP contribution in [0.1, 0.15) is 18.4 Å². The van der Waals surface area contributed by atoms with Gasteiger partial charge in [-0.25, -0.2) is 4.79 Å². The van der Waals surface area contributed by atoms with Crippen molar-refractivity contribution >= 4 is 24.3 Å². The third-order valence-electron chi connectivity index (χ3n) is 3.54. The van der Waals surface area contributed by atoms with E-state index in [1.54, 1.807) is 0 Å². The van der Waals surface area contributed by atoms with Gasteiger partial charge in [-0.05, 0) is 24.8 Å². The number of nitrogens with one attached hydrogen (secondary N) is 2. The first-order chi connectivity index (χ1) is 10.7. The Bertz CT molecular complexity index is 494. The number of carbonyl (C=O) groups is 2. The SMILES string of the molecule is Cl.NCCN(CCc1ccccc1)CC(=O)NC(=O)NC1CC1. The van der Waals surface area contributed by atoms with Crippen molar-refractivity contribution in [3.05, 3.63) is 35.9 Å². The van der Waals surface area contributed by atoms with Crippen LogP contribution >= 0.6 is 12.4 Å². The van der Waals surface area contributed by atoms with E-state index in [-0.39, 0.29) is 30.9 Å². The van der Waals surface area contributed by atoms with Crippen molar-refractivity contribution in [1.29, 1.82) is 0 Å². The Morgan fingerprint density at radius 2 is 1.87 bits per heavy atom. The zero-order chi connectivity index (χ0) is 15.8. The molecule has 0 aromatic heterocycles. The Hall–Kier alpha value is -1.63. The minimum Gasteiger partial charge on any atom is -0.335 e. The van der Waals surface area contributed by atoms with Crippen molar-refractivity contribution in [2.24, 2.45) is 5.73 Å². The lowest BCUT2D eigenvalue weighted by Crippen LogP contribution is -2.46. The van der Waals surface area contributed by atoms with Crippen molar-refractivity contribution < 1.29 is 9.59 Å². The lowest BCUT2D eigenvalue weighted by molar-refractivity contribution is -0.121. The fourth-order valence-electron chi connectivity index (χ4n) is 2.20. The molecule has 0 radical (unpaired) electrons. The molecular weight excluding hydrogens is 316 g/mol. The highest BCUT2D eigenvalue weighted by atomic mass is 35.5. The molecule has 1 fully saturated rings. The van der Waals surface area contributed by atoms with Crippen molar-refractivity contribution in [2.45, 2.75) is 25.3 Å². The zero-order valence-corrected chi connectivity index (χ0v) is 14.0. The van der Waals surface area contributed by atoms with Crippen LogP contribution in [0.3, 0.4) is 0 Å². The molecule has 23 heavy (non-hydrogen) atoms. The molecule has 1 aromatic rings. The smallest absolute Gasteiger partial charge is 0.321 e. The standard InChI is InChI=1S/C16H24N4O2.ClH/c17-9-11-20(10-8-13-4-2-1-3-5-13)12-15(21)19-16(22)18-14-6-7-14;/h1-5,14H,6-12,17H2,(H2,18,19,21,22);1H. The second-order valence-electron chi connectivity index (χ2n) is 5.60. The quantitative estimate of drug-likeness (QED) is 0.656. The van der Waals surface area contributed by atoms with Gasteiger partial charge in [-0.1, -0.05) is 30.3 Å². The summed E-state index contributed by atoms with van der Waals surface area (Å²) in [5, 5.41) is 5.10. The van der Waals surface area contributed by atoms with Crippen LogP contribution in [0.2, 0.25) is 0 Å². The number of nitrogens with zero attached hydrogens (tertiary/aromatic N) is 1. The average Bonchev–Trinajstić information content (AvgIpc) is 3.29. The summed E-state index contributed by atoms with van der Waals surface area (Å²) in [7, 11) is 0.